The van der Waals surface area contributed by atoms with Gasteiger partial charge in [0.1, 0.15) is 11.8 Å². The van der Waals surface area contributed by atoms with E-state index >= 15 is 0 Å². The first-order valence-corrected chi connectivity index (χ1v) is 11.1. The molecule has 33 heavy (non-hydrogen) atoms. The van der Waals surface area contributed by atoms with Crippen molar-refractivity contribution in [1.82, 2.24) is 25.3 Å². The quantitative estimate of drug-likeness (QED) is 0.406. The van der Waals surface area contributed by atoms with Crippen LogP contribution >= 0.6 is 0 Å². The number of aromatic nitrogens is 4. The zero-order valence-corrected chi connectivity index (χ0v) is 18.2. The summed E-state index contributed by atoms with van der Waals surface area (Å²) in [4.78, 5) is 31.7. The van der Waals surface area contributed by atoms with Gasteiger partial charge in [-0.3, -0.25) is 4.79 Å². The minimum absolute atomic E-state index is 0.0446. The van der Waals surface area contributed by atoms with Gasteiger partial charge in [-0.2, -0.15) is 0 Å². The van der Waals surface area contributed by atoms with E-state index < -0.39 is 5.41 Å². The summed E-state index contributed by atoms with van der Waals surface area (Å²) in [7, 11) is 0. The molecule has 5 rings (SSSR count). The van der Waals surface area contributed by atoms with Crippen LogP contribution in [0, 0.1) is 5.41 Å². The van der Waals surface area contributed by atoms with E-state index in [-0.39, 0.29) is 19.1 Å². The molecule has 2 aromatic heterocycles. The SMILES string of the molecule is O=C(NCCO)[C@@]1(Cc2ccccc2-c2ccccc2)CCN(c2ncnc3nc[nH]c23)C1. The Morgan fingerprint density at radius 3 is 2.76 bits per heavy atom. The van der Waals surface area contributed by atoms with Crippen molar-refractivity contribution in [1.29, 1.82) is 0 Å². The molecule has 1 atom stereocenters. The maximum absolute atomic E-state index is 13.5. The Kier molecular flexibility index (Phi) is 5.75. The lowest BCUT2D eigenvalue weighted by atomic mass is 9.78. The molecule has 0 spiro atoms. The summed E-state index contributed by atoms with van der Waals surface area (Å²) in [6.45, 7) is 1.34. The Bertz CT molecular complexity index is 1260. The van der Waals surface area contributed by atoms with Gasteiger partial charge in [0.05, 0.1) is 18.3 Å². The number of nitrogens with one attached hydrogen (secondary N) is 2. The van der Waals surface area contributed by atoms with Crippen molar-refractivity contribution in [3.05, 3.63) is 72.8 Å². The van der Waals surface area contributed by atoms with Crippen LogP contribution in [0.25, 0.3) is 22.3 Å². The zero-order chi connectivity index (χ0) is 22.7. The molecule has 1 aliphatic rings. The third-order valence-electron chi connectivity index (χ3n) is 6.37. The molecule has 8 nitrogen and oxygen atoms in total. The molecule has 0 aliphatic carbocycles. The lowest BCUT2D eigenvalue weighted by Crippen LogP contribution is -2.45. The van der Waals surface area contributed by atoms with E-state index in [0.29, 0.717) is 31.6 Å². The number of fused-ring (bicyclic) bond motifs is 1. The number of hydrogen-bond donors (Lipinski definition) is 3. The van der Waals surface area contributed by atoms with Crippen molar-refractivity contribution in [2.24, 2.45) is 5.41 Å². The molecule has 1 fully saturated rings. The molecule has 2 aromatic carbocycles. The number of H-pyrrole nitrogens is 1. The van der Waals surface area contributed by atoms with E-state index in [1.165, 1.54) is 6.33 Å². The molecule has 1 aliphatic heterocycles. The number of rotatable bonds is 7. The number of amides is 1. The summed E-state index contributed by atoms with van der Waals surface area (Å²) in [5.74, 6) is 0.711. The summed E-state index contributed by atoms with van der Waals surface area (Å²) >= 11 is 0. The predicted molar refractivity (Wildman–Crippen MR) is 127 cm³/mol. The number of aromatic amines is 1. The number of hydrogen-bond acceptors (Lipinski definition) is 6. The number of imidazole rings is 1. The predicted octanol–water partition coefficient (Wildman–Crippen LogP) is 2.57. The standard InChI is InChI=1S/C25H26N6O2/c32-13-11-26-24(33)25(14-19-8-4-5-9-20(19)18-6-2-1-3-7-18)10-12-31(15-25)23-21-22(28-16-27-21)29-17-30-23/h1-9,16-17,32H,10-15H2,(H,26,33)(H,27,28,29,30)/t25-/m1/s1. The number of aliphatic hydroxyl groups is 1. The molecule has 3 heterocycles. The topological polar surface area (TPSA) is 107 Å². The van der Waals surface area contributed by atoms with Crippen LogP contribution in [0.2, 0.25) is 0 Å². The fraction of sp³-hybridized carbons (Fsp3) is 0.280. The summed E-state index contributed by atoms with van der Waals surface area (Å²) in [6.07, 6.45) is 4.38. The van der Waals surface area contributed by atoms with Gasteiger partial charge in [0.15, 0.2) is 11.5 Å². The first-order chi connectivity index (χ1) is 16.2. The van der Waals surface area contributed by atoms with Crippen molar-refractivity contribution in [3.63, 3.8) is 0 Å². The fourth-order valence-corrected chi connectivity index (χ4v) is 4.75. The van der Waals surface area contributed by atoms with Crippen molar-refractivity contribution >= 4 is 22.9 Å². The molecule has 0 saturated carbocycles. The van der Waals surface area contributed by atoms with Crippen molar-refractivity contribution in [2.75, 3.05) is 31.1 Å². The summed E-state index contributed by atoms with van der Waals surface area (Å²) in [5, 5.41) is 12.2. The van der Waals surface area contributed by atoms with Crippen molar-refractivity contribution in [3.8, 4) is 11.1 Å². The van der Waals surface area contributed by atoms with Crippen LogP contribution in [-0.4, -0.2) is 57.2 Å². The number of benzene rings is 2. The number of carbonyl (C=O) groups excluding carboxylic acids is 1. The largest absolute Gasteiger partial charge is 0.395 e. The van der Waals surface area contributed by atoms with Gasteiger partial charge in [0.25, 0.3) is 0 Å². The lowest BCUT2D eigenvalue weighted by molar-refractivity contribution is -0.130. The van der Waals surface area contributed by atoms with Gasteiger partial charge in [-0.25, -0.2) is 15.0 Å². The average molecular weight is 443 g/mol. The van der Waals surface area contributed by atoms with Gasteiger partial charge in [-0.1, -0.05) is 54.6 Å². The average Bonchev–Trinajstić information content (AvgIpc) is 3.51. The van der Waals surface area contributed by atoms with Crippen LogP contribution in [0.3, 0.4) is 0 Å². The molecule has 1 saturated heterocycles. The smallest absolute Gasteiger partial charge is 0.228 e. The second kappa shape index (κ2) is 8.99. The van der Waals surface area contributed by atoms with E-state index in [0.717, 1.165) is 28.0 Å². The molecular weight excluding hydrogens is 416 g/mol. The van der Waals surface area contributed by atoms with Crippen LogP contribution in [0.5, 0.6) is 0 Å². The Labute approximate surface area is 191 Å². The monoisotopic (exact) mass is 442 g/mol. The molecule has 8 heteroatoms. The summed E-state index contributed by atoms with van der Waals surface area (Å²) in [6, 6.07) is 18.5. The third kappa shape index (κ3) is 4.05. The highest BCUT2D eigenvalue weighted by Crippen LogP contribution is 2.39. The van der Waals surface area contributed by atoms with E-state index in [1.54, 1.807) is 6.33 Å². The molecular formula is C25H26N6O2. The van der Waals surface area contributed by atoms with Gasteiger partial charge >= 0.3 is 0 Å². The Hall–Kier alpha value is -3.78. The second-order valence-electron chi connectivity index (χ2n) is 8.43. The minimum atomic E-state index is -0.655. The highest BCUT2D eigenvalue weighted by molar-refractivity contribution is 5.87. The van der Waals surface area contributed by atoms with Crippen LogP contribution in [-0.2, 0) is 11.2 Å². The minimum Gasteiger partial charge on any atom is -0.395 e. The van der Waals surface area contributed by atoms with Gasteiger partial charge in [-0.15, -0.1) is 0 Å². The number of aliphatic hydroxyl groups excluding tert-OH is 1. The summed E-state index contributed by atoms with van der Waals surface area (Å²) < 4.78 is 0. The fourth-order valence-electron chi connectivity index (χ4n) is 4.75. The Morgan fingerprint density at radius 1 is 1.09 bits per heavy atom. The van der Waals surface area contributed by atoms with E-state index in [2.05, 4.69) is 54.4 Å². The molecule has 0 bridgehead atoms. The maximum atomic E-state index is 13.5. The van der Waals surface area contributed by atoms with Crippen LogP contribution < -0.4 is 10.2 Å². The number of carbonyl (C=O) groups is 1. The van der Waals surface area contributed by atoms with Gasteiger partial charge in [0.2, 0.25) is 5.91 Å². The first kappa shape index (κ1) is 21.1. The normalized spacial score (nSPS) is 18.0. The van der Waals surface area contributed by atoms with Crippen LogP contribution in [0.15, 0.2) is 67.3 Å². The van der Waals surface area contributed by atoms with Crippen LogP contribution in [0.1, 0.15) is 12.0 Å². The van der Waals surface area contributed by atoms with E-state index in [9.17, 15) is 9.90 Å². The van der Waals surface area contributed by atoms with Gasteiger partial charge < -0.3 is 20.3 Å². The van der Waals surface area contributed by atoms with E-state index in [1.807, 2.05) is 30.3 Å². The highest BCUT2D eigenvalue weighted by Gasteiger charge is 2.45. The zero-order valence-electron chi connectivity index (χ0n) is 18.2. The third-order valence-corrected chi connectivity index (χ3v) is 6.37. The first-order valence-electron chi connectivity index (χ1n) is 11.1. The number of anilines is 1. The molecule has 1 amide bonds. The molecule has 4 aromatic rings. The molecule has 3 N–H and O–H groups in total. The van der Waals surface area contributed by atoms with Gasteiger partial charge in [-0.05, 0) is 29.5 Å². The van der Waals surface area contributed by atoms with Crippen molar-refractivity contribution in [2.45, 2.75) is 12.8 Å². The molecule has 168 valence electrons. The Morgan fingerprint density at radius 2 is 1.91 bits per heavy atom. The van der Waals surface area contributed by atoms with Crippen molar-refractivity contribution < 1.29 is 9.90 Å². The van der Waals surface area contributed by atoms with E-state index in [4.69, 9.17) is 0 Å². The van der Waals surface area contributed by atoms with Crippen LogP contribution in [0.4, 0.5) is 5.82 Å². The highest BCUT2D eigenvalue weighted by atomic mass is 16.3. The van der Waals surface area contributed by atoms with Gasteiger partial charge in [0, 0.05) is 19.6 Å². The number of nitrogens with zero attached hydrogens (tertiary/aromatic N) is 4. The summed E-state index contributed by atoms with van der Waals surface area (Å²) in [5.41, 5.74) is 4.11. The lowest BCUT2D eigenvalue weighted by Gasteiger charge is -2.29. The maximum Gasteiger partial charge on any atom is 0.228 e. The Balaban J connectivity index is 1.50. The molecule has 0 unspecified atom stereocenters. The second-order valence-corrected chi connectivity index (χ2v) is 8.43. The molecule has 0 radical (unpaired) electrons.